The molecule has 1 aromatic heterocycles. The highest BCUT2D eigenvalue weighted by Gasteiger charge is 2.10. The Balaban J connectivity index is 2.12. The summed E-state index contributed by atoms with van der Waals surface area (Å²) in [5, 5.41) is 0.965. The van der Waals surface area contributed by atoms with Crippen LogP contribution in [0.5, 0.6) is 5.75 Å². The molecule has 0 saturated heterocycles. The molecular weight excluding hydrogens is 296 g/mol. The molecule has 120 valence electrons. The predicted molar refractivity (Wildman–Crippen MR) is 98.1 cm³/mol. The first-order valence-corrected chi connectivity index (χ1v) is 8.03. The molecule has 0 amide bonds. The molecule has 0 radical (unpaired) electrons. The van der Waals surface area contributed by atoms with Crippen molar-refractivity contribution in [2.24, 2.45) is 0 Å². The van der Waals surface area contributed by atoms with Crippen molar-refractivity contribution in [3.05, 3.63) is 53.9 Å². The monoisotopic (exact) mass is 316 g/mol. The maximum absolute atomic E-state index is 5.54. The molecule has 0 spiro atoms. The number of rotatable bonds is 4. The van der Waals surface area contributed by atoms with Crippen LogP contribution in [0.3, 0.4) is 0 Å². The molecule has 0 bridgehead atoms. The standard InChI is InChI=1S/C21H20N2O/c1-5-12-24-18-10-11-20-19(13-18)21(23-15(4)22-20)17-8-6-16(7-9-17)14(2)3/h1,6-11,13-14H,12H2,2-4H3. The summed E-state index contributed by atoms with van der Waals surface area (Å²) in [5.41, 5.74) is 4.20. The van der Waals surface area contributed by atoms with Crippen molar-refractivity contribution in [3.8, 4) is 29.4 Å². The maximum atomic E-state index is 5.54. The lowest BCUT2D eigenvalue weighted by atomic mass is 9.99. The molecule has 3 aromatic rings. The van der Waals surface area contributed by atoms with E-state index in [-0.39, 0.29) is 6.61 Å². The second-order valence-corrected chi connectivity index (χ2v) is 6.07. The lowest BCUT2D eigenvalue weighted by molar-refractivity contribution is 0.371. The normalized spacial score (nSPS) is 10.8. The van der Waals surface area contributed by atoms with Gasteiger partial charge in [0.2, 0.25) is 0 Å². The van der Waals surface area contributed by atoms with E-state index < -0.39 is 0 Å². The molecule has 0 saturated carbocycles. The summed E-state index contributed by atoms with van der Waals surface area (Å²) >= 11 is 0. The number of nitrogens with zero attached hydrogens (tertiary/aromatic N) is 2. The molecule has 0 aliphatic rings. The van der Waals surface area contributed by atoms with Gasteiger partial charge in [-0.1, -0.05) is 44.0 Å². The van der Waals surface area contributed by atoms with Crippen molar-refractivity contribution in [2.75, 3.05) is 6.61 Å². The van der Waals surface area contributed by atoms with Crippen LogP contribution in [0.4, 0.5) is 0 Å². The predicted octanol–water partition coefficient (Wildman–Crippen LogP) is 4.74. The van der Waals surface area contributed by atoms with Gasteiger partial charge in [-0.3, -0.25) is 0 Å². The van der Waals surface area contributed by atoms with Crippen molar-refractivity contribution in [2.45, 2.75) is 26.7 Å². The van der Waals surface area contributed by atoms with Gasteiger partial charge >= 0.3 is 0 Å². The van der Waals surface area contributed by atoms with Gasteiger partial charge in [-0.25, -0.2) is 9.97 Å². The van der Waals surface area contributed by atoms with E-state index in [1.807, 2.05) is 25.1 Å². The van der Waals surface area contributed by atoms with Crippen molar-refractivity contribution in [1.82, 2.24) is 9.97 Å². The summed E-state index contributed by atoms with van der Waals surface area (Å²) < 4.78 is 5.54. The van der Waals surface area contributed by atoms with E-state index >= 15 is 0 Å². The first-order valence-electron chi connectivity index (χ1n) is 8.03. The van der Waals surface area contributed by atoms with Crippen molar-refractivity contribution in [1.29, 1.82) is 0 Å². The number of benzene rings is 2. The SMILES string of the molecule is C#CCOc1ccc2nc(C)nc(-c3ccc(C(C)C)cc3)c2c1. The van der Waals surface area contributed by atoms with Gasteiger partial charge in [-0.15, -0.1) is 6.42 Å². The molecule has 24 heavy (non-hydrogen) atoms. The summed E-state index contributed by atoms with van der Waals surface area (Å²) in [6.45, 7) is 6.54. The second-order valence-electron chi connectivity index (χ2n) is 6.07. The Morgan fingerprint density at radius 1 is 1.08 bits per heavy atom. The minimum atomic E-state index is 0.247. The molecule has 1 heterocycles. The van der Waals surface area contributed by atoms with Crippen LogP contribution >= 0.6 is 0 Å². The molecule has 3 nitrogen and oxygen atoms in total. The van der Waals surface area contributed by atoms with Gasteiger partial charge in [0.05, 0.1) is 11.2 Å². The Labute approximate surface area is 142 Å². The Bertz CT molecular complexity index is 906. The van der Waals surface area contributed by atoms with E-state index in [4.69, 9.17) is 11.2 Å². The quantitative estimate of drug-likeness (QED) is 0.652. The molecular formula is C21H20N2O. The number of hydrogen-bond acceptors (Lipinski definition) is 3. The zero-order chi connectivity index (χ0) is 17.1. The van der Waals surface area contributed by atoms with Gasteiger partial charge in [0.25, 0.3) is 0 Å². The minimum Gasteiger partial charge on any atom is -0.481 e. The number of aromatic nitrogens is 2. The van der Waals surface area contributed by atoms with Crippen LogP contribution in [0, 0.1) is 19.3 Å². The largest absolute Gasteiger partial charge is 0.481 e. The lowest BCUT2D eigenvalue weighted by Gasteiger charge is -2.11. The maximum Gasteiger partial charge on any atom is 0.148 e. The fourth-order valence-electron chi connectivity index (χ4n) is 2.68. The highest BCUT2D eigenvalue weighted by molar-refractivity contribution is 5.93. The van der Waals surface area contributed by atoms with E-state index in [9.17, 15) is 0 Å². The third kappa shape index (κ3) is 3.23. The summed E-state index contributed by atoms with van der Waals surface area (Å²) in [6, 6.07) is 14.3. The van der Waals surface area contributed by atoms with Crippen LogP contribution in [-0.2, 0) is 0 Å². The molecule has 0 unspecified atom stereocenters. The molecule has 0 N–H and O–H groups in total. The minimum absolute atomic E-state index is 0.247. The first-order chi connectivity index (χ1) is 11.6. The van der Waals surface area contributed by atoms with E-state index in [0.717, 1.165) is 33.7 Å². The number of terminal acetylenes is 1. The number of fused-ring (bicyclic) bond motifs is 1. The van der Waals surface area contributed by atoms with Crippen molar-refractivity contribution >= 4 is 10.9 Å². The van der Waals surface area contributed by atoms with Crippen LogP contribution in [0.2, 0.25) is 0 Å². The average Bonchev–Trinajstić information content (AvgIpc) is 2.59. The summed E-state index contributed by atoms with van der Waals surface area (Å²) in [6.07, 6.45) is 5.27. The Kier molecular flexibility index (Phi) is 4.48. The van der Waals surface area contributed by atoms with Crippen LogP contribution < -0.4 is 4.74 Å². The summed E-state index contributed by atoms with van der Waals surface area (Å²) in [4.78, 5) is 9.18. The lowest BCUT2D eigenvalue weighted by Crippen LogP contribution is -1.97. The molecule has 0 aliphatic heterocycles. The Hall–Kier alpha value is -2.86. The van der Waals surface area contributed by atoms with Gasteiger partial charge in [0.1, 0.15) is 18.2 Å². The van der Waals surface area contributed by atoms with Crippen LogP contribution in [0.25, 0.3) is 22.2 Å². The number of ether oxygens (including phenoxy) is 1. The van der Waals surface area contributed by atoms with E-state index in [1.165, 1.54) is 5.56 Å². The molecule has 2 aromatic carbocycles. The Morgan fingerprint density at radius 2 is 1.83 bits per heavy atom. The van der Waals surface area contributed by atoms with E-state index in [2.05, 4.69) is 54.0 Å². The first kappa shape index (κ1) is 16.0. The van der Waals surface area contributed by atoms with Crippen LogP contribution in [0.15, 0.2) is 42.5 Å². The summed E-state index contributed by atoms with van der Waals surface area (Å²) in [5.74, 6) is 4.47. The molecule has 0 aliphatic carbocycles. The summed E-state index contributed by atoms with van der Waals surface area (Å²) in [7, 11) is 0. The topological polar surface area (TPSA) is 35.0 Å². The molecule has 0 atom stereocenters. The van der Waals surface area contributed by atoms with Crippen molar-refractivity contribution in [3.63, 3.8) is 0 Å². The third-order valence-corrected chi connectivity index (χ3v) is 3.95. The highest BCUT2D eigenvalue weighted by Crippen LogP contribution is 2.30. The molecule has 3 rings (SSSR count). The van der Waals surface area contributed by atoms with Crippen molar-refractivity contribution < 1.29 is 4.74 Å². The Morgan fingerprint density at radius 3 is 2.50 bits per heavy atom. The fourth-order valence-corrected chi connectivity index (χ4v) is 2.68. The van der Waals surface area contributed by atoms with Gasteiger partial charge in [-0.2, -0.15) is 0 Å². The third-order valence-electron chi connectivity index (χ3n) is 3.95. The molecule has 3 heteroatoms. The van der Waals surface area contributed by atoms with Gasteiger partial charge in [0.15, 0.2) is 0 Å². The molecule has 0 fully saturated rings. The van der Waals surface area contributed by atoms with E-state index in [0.29, 0.717) is 5.92 Å². The van der Waals surface area contributed by atoms with Crippen LogP contribution in [0.1, 0.15) is 31.2 Å². The van der Waals surface area contributed by atoms with E-state index in [1.54, 1.807) is 0 Å². The number of aryl methyl sites for hydroxylation is 1. The van der Waals surface area contributed by atoms with Gasteiger partial charge < -0.3 is 4.74 Å². The zero-order valence-electron chi connectivity index (χ0n) is 14.2. The second kappa shape index (κ2) is 6.72. The number of hydrogen-bond donors (Lipinski definition) is 0. The van der Waals surface area contributed by atoms with Gasteiger partial charge in [-0.05, 0) is 36.6 Å². The highest BCUT2D eigenvalue weighted by atomic mass is 16.5. The zero-order valence-corrected chi connectivity index (χ0v) is 14.2. The van der Waals surface area contributed by atoms with Gasteiger partial charge in [0, 0.05) is 10.9 Å². The fraction of sp³-hybridized carbons (Fsp3) is 0.238. The average molecular weight is 316 g/mol. The smallest absolute Gasteiger partial charge is 0.148 e. The van der Waals surface area contributed by atoms with Crippen LogP contribution in [-0.4, -0.2) is 16.6 Å².